The van der Waals surface area contributed by atoms with Gasteiger partial charge in [0.2, 0.25) is 0 Å². The lowest BCUT2D eigenvalue weighted by Gasteiger charge is -2.15. The topological polar surface area (TPSA) is 46.0 Å². The van der Waals surface area contributed by atoms with E-state index in [0.29, 0.717) is 6.42 Å². The van der Waals surface area contributed by atoms with E-state index in [4.69, 9.17) is 0 Å². The summed E-state index contributed by atoms with van der Waals surface area (Å²) in [4.78, 5) is 8.54. The maximum absolute atomic E-state index is 10.5. The van der Waals surface area contributed by atoms with E-state index in [9.17, 15) is 5.11 Å². The first-order valence-electron chi connectivity index (χ1n) is 7.09. The smallest absolute Gasteiger partial charge is 0.0890 e. The molecular weight excluding hydrogens is 260 g/mol. The van der Waals surface area contributed by atoms with Crippen molar-refractivity contribution in [3.63, 3.8) is 0 Å². The van der Waals surface area contributed by atoms with Crippen LogP contribution in [0.2, 0.25) is 0 Å². The second-order valence-electron chi connectivity index (χ2n) is 5.39. The minimum atomic E-state index is -0.531. The van der Waals surface area contributed by atoms with Gasteiger partial charge in [-0.05, 0) is 48.2 Å². The number of aromatic nitrogens is 2. The number of nitrogens with zero attached hydrogens (tertiary/aromatic N) is 2. The van der Waals surface area contributed by atoms with Crippen LogP contribution in [0, 0.1) is 13.8 Å². The summed E-state index contributed by atoms with van der Waals surface area (Å²) >= 11 is 0. The van der Waals surface area contributed by atoms with Crippen molar-refractivity contribution in [2.75, 3.05) is 0 Å². The number of hydrogen-bond donors (Lipinski definition) is 1. The standard InChI is InChI=1S/C18H18N2O/c1-12-4-3-5-13(2)15(12)11-18(21)14-6-7-16-17(10-14)20-9-8-19-16/h3-10,18,21H,11H2,1-2H3. The van der Waals surface area contributed by atoms with Crippen molar-refractivity contribution in [2.45, 2.75) is 26.4 Å². The van der Waals surface area contributed by atoms with E-state index in [0.717, 1.165) is 16.6 Å². The van der Waals surface area contributed by atoms with Gasteiger partial charge in [-0.2, -0.15) is 0 Å². The Bertz CT molecular complexity index is 763. The monoisotopic (exact) mass is 278 g/mol. The van der Waals surface area contributed by atoms with Gasteiger partial charge in [0.25, 0.3) is 0 Å². The van der Waals surface area contributed by atoms with E-state index in [1.54, 1.807) is 12.4 Å². The molecular formula is C18H18N2O. The van der Waals surface area contributed by atoms with Gasteiger partial charge in [0, 0.05) is 18.8 Å². The zero-order chi connectivity index (χ0) is 14.8. The second kappa shape index (κ2) is 5.62. The molecule has 1 aromatic heterocycles. The van der Waals surface area contributed by atoms with Gasteiger partial charge in [-0.25, -0.2) is 0 Å². The third kappa shape index (κ3) is 2.78. The third-order valence-electron chi connectivity index (χ3n) is 3.92. The molecule has 0 spiro atoms. The predicted octanol–water partition coefficient (Wildman–Crippen LogP) is 3.52. The van der Waals surface area contributed by atoms with Gasteiger partial charge in [0.15, 0.2) is 0 Å². The van der Waals surface area contributed by atoms with Crippen LogP contribution in [-0.4, -0.2) is 15.1 Å². The average Bonchev–Trinajstić information content (AvgIpc) is 2.50. The maximum Gasteiger partial charge on any atom is 0.0890 e. The molecule has 0 aliphatic carbocycles. The molecule has 0 saturated carbocycles. The lowest BCUT2D eigenvalue weighted by molar-refractivity contribution is 0.178. The summed E-state index contributed by atoms with van der Waals surface area (Å²) in [5.41, 5.74) is 6.19. The van der Waals surface area contributed by atoms with Crippen LogP contribution < -0.4 is 0 Å². The maximum atomic E-state index is 10.5. The predicted molar refractivity (Wildman–Crippen MR) is 84.1 cm³/mol. The van der Waals surface area contributed by atoms with Crippen molar-refractivity contribution >= 4 is 11.0 Å². The Kier molecular flexibility index (Phi) is 3.67. The largest absolute Gasteiger partial charge is 0.388 e. The number of hydrogen-bond acceptors (Lipinski definition) is 3. The third-order valence-corrected chi connectivity index (χ3v) is 3.92. The Balaban J connectivity index is 1.91. The van der Waals surface area contributed by atoms with Crippen molar-refractivity contribution in [1.82, 2.24) is 9.97 Å². The van der Waals surface area contributed by atoms with Crippen LogP contribution in [0.15, 0.2) is 48.8 Å². The Morgan fingerprint density at radius 2 is 1.62 bits per heavy atom. The van der Waals surface area contributed by atoms with E-state index in [1.807, 2.05) is 24.3 Å². The van der Waals surface area contributed by atoms with Crippen LogP contribution in [0.3, 0.4) is 0 Å². The van der Waals surface area contributed by atoms with Crippen LogP contribution >= 0.6 is 0 Å². The first-order valence-corrected chi connectivity index (χ1v) is 7.09. The highest BCUT2D eigenvalue weighted by molar-refractivity contribution is 5.74. The molecule has 1 unspecified atom stereocenters. The van der Waals surface area contributed by atoms with E-state index < -0.39 is 6.10 Å². The Morgan fingerprint density at radius 1 is 0.952 bits per heavy atom. The fourth-order valence-corrected chi connectivity index (χ4v) is 2.67. The molecule has 0 bridgehead atoms. The van der Waals surface area contributed by atoms with Crippen LogP contribution in [0.4, 0.5) is 0 Å². The molecule has 2 aromatic carbocycles. The molecule has 21 heavy (non-hydrogen) atoms. The van der Waals surface area contributed by atoms with Crippen LogP contribution in [0.1, 0.15) is 28.4 Å². The Labute approximate surface area is 124 Å². The quantitative estimate of drug-likeness (QED) is 0.797. The molecule has 3 rings (SSSR count). The molecule has 1 N–H and O–H groups in total. The summed E-state index contributed by atoms with van der Waals surface area (Å²) in [5.74, 6) is 0. The minimum absolute atomic E-state index is 0.531. The molecule has 3 nitrogen and oxygen atoms in total. The number of aliphatic hydroxyl groups excluding tert-OH is 1. The van der Waals surface area contributed by atoms with E-state index in [-0.39, 0.29) is 0 Å². The first-order chi connectivity index (χ1) is 10.1. The highest BCUT2D eigenvalue weighted by Crippen LogP contribution is 2.24. The number of aryl methyl sites for hydroxylation is 2. The molecule has 0 radical (unpaired) electrons. The molecule has 0 amide bonds. The summed E-state index contributed by atoms with van der Waals surface area (Å²) in [5, 5.41) is 10.5. The van der Waals surface area contributed by atoms with Crippen molar-refractivity contribution < 1.29 is 5.11 Å². The first kappa shape index (κ1) is 13.7. The highest BCUT2D eigenvalue weighted by Gasteiger charge is 2.12. The normalized spacial score (nSPS) is 12.5. The molecule has 106 valence electrons. The van der Waals surface area contributed by atoms with Gasteiger partial charge < -0.3 is 5.11 Å². The minimum Gasteiger partial charge on any atom is -0.388 e. The van der Waals surface area contributed by atoms with Gasteiger partial charge >= 0.3 is 0 Å². The number of fused-ring (bicyclic) bond motifs is 1. The number of benzene rings is 2. The van der Waals surface area contributed by atoms with Crippen molar-refractivity contribution in [2.24, 2.45) is 0 Å². The lowest BCUT2D eigenvalue weighted by Crippen LogP contribution is -2.05. The molecule has 0 saturated heterocycles. The molecule has 0 aliphatic rings. The van der Waals surface area contributed by atoms with E-state index >= 15 is 0 Å². The number of aliphatic hydroxyl groups is 1. The van der Waals surface area contributed by atoms with Crippen molar-refractivity contribution in [1.29, 1.82) is 0 Å². The van der Waals surface area contributed by atoms with Gasteiger partial charge in [-0.3, -0.25) is 9.97 Å². The zero-order valence-electron chi connectivity index (χ0n) is 12.2. The molecule has 3 heteroatoms. The second-order valence-corrected chi connectivity index (χ2v) is 5.39. The molecule has 1 heterocycles. The van der Waals surface area contributed by atoms with Crippen LogP contribution in [0.25, 0.3) is 11.0 Å². The molecule has 0 aliphatic heterocycles. The van der Waals surface area contributed by atoms with E-state index in [2.05, 4.69) is 35.9 Å². The van der Waals surface area contributed by atoms with Crippen molar-refractivity contribution in [3.8, 4) is 0 Å². The molecule has 0 fully saturated rings. The zero-order valence-corrected chi connectivity index (χ0v) is 12.2. The molecule has 1 atom stereocenters. The molecule has 3 aromatic rings. The summed E-state index contributed by atoms with van der Waals surface area (Å²) < 4.78 is 0. The van der Waals surface area contributed by atoms with Gasteiger partial charge in [-0.1, -0.05) is 24.3 Å². The van der Waals surface area contributed by atoms with Crippen LogP contribution in [-0.2, 0) is 6.42 Å². The van der Waals surface area contributed by atoms with Gasteiger partial charge in [-0.15, -0.1) is 0 Å². The average molecular weight is 278 g/mol. The van der Waals surface area contributed by atoms with E-state index in [1.165, 1.54) is 16.7 Å². The Hall–Kier alpha value is -2.26. The summed E-state index contributed by atoms with van der Waals surface area (Å²) in [6, 6.07) is 12.0. The highest BCUT2D eigenvalue weighted by atomic mass is 16.3. The number of rotatable bonds is 3. The lowest BCUT2D eigenvalue weighted by atomic mass is 9.94. The van der Waals surface area contributed by atoms with Crippen molar-refractivity contribution in [3.05, 3.63) is 71.0 Å². The van der Waals surface area contributed by atoms with Gasteiger partial charge in [0.05, 0.1) is 17.1 Å². The van der Waals surface area contributed by atoms with Gasteiger partial charge in [0.1, 0.15) is 0 Å². The fourth-order valence-electron chi connectivity index (χ4n) is 2.67. The summed E-state index contributed by atoms with van der Waals surface area (Å²) in [6.07, 6.45) is 3.43. The Morgan fingerprint density at radius 3 is 2.33 bits per heavy atom. The van der Waals surface area contributed by atoms with Crippen LogP contribution in [0.5, 0.6) is 0 Å². The SMILES string of the molecule is Cc1cccc(C)c1CC(O)c1ccc2nccnc2c1. The fraction of sp³-hybridized carbons (Fsp3) is 0.222. The summed E-state index contributed by atoms with van der Waals surface area (Å²) in [7, 11) is 0. The summed E-state index contributed by atoms with van der Waals surface area (Å²) in [6.45, 7) is 4.17.